The van der Waals surface area contributed by atoms with Gasteiger partial charge in [0.25, 0.3) is 0 Å². The maximum absolute atomic E-state index is 8.86. The Labute approximate surface area is 79.8 Å². The fourth-order valence-corrected chi connectivity index (χ4v) is 2.09. The quantitative estimate of drug-likeness (QED) is 0.757. The molecule has 3 N–H and O–H groups in total. The Morgan fingerprint density at radius 3 is 2.92 bits per heavy atom. The van der Waals surface area contributed by atoms with Gasteiger partial charge in [-0.25, -0.2) is 4.98 Å². The molecule has 0 radical (unpaired) electrons. The van der Waals surface area contributed by atoms with Gasteiger partial charge in [-0.1, -0.05) is 12.1 Å². The molecule has 4 heteroatoms. The monoisotopic (exact) mass is 194 g/mol. The molecule has 0 fully saturated rings. The Kier molecular flexibility index (Phi) is 2.26. The molecule has 0 amide bonds. The van der Waals surface area contributed by atoms with Crippen LogP contribution < -0.4 is 5.73 Å². The highest BCUT2D eigenvalue weighted by Crippen LogP contribution is 2.24. The molecule has 0 bridgehead atoms. The minimum Gasteiger partial charge on any atom is -0.394 e. The largest absolute Gasteiger partial charge is 0.394 e. The van der Waals surface area contributed by atoms with Crippen LogP contribution in [0.1, 0.15) is 11.0 Å². The molecule has 0 saturated heterocycles. The van der Waals surface area contributed by atoms with Gasteiger partial charge in [0.1, 0.15) is 5.01 Å². The van der Waals surface area contributed by atoms with Crippen molar-refractivity contribution >= 4 is 21.6 Å². The second kappa shape index (κ2) is 3.41. The Hall–Kier alpha value is -0.970. The molecular weight excluding hydrogens is 184 g/mol. The first-order chi connectivity index (χ1) is 6.31. The lowest BCUT2D eigenvalue weighted by Crippen LogP contribution is -2.13. The highest BCUT2D eigenvalue weighted by atomic mass is 32.1. The Morgan fingerprint density at radius 2 is 2.23 bits per heavy atom. The lowest BCUT2D eigenvalue weighted by molar-refractivity contribution is 0.268. The van der Waals surface area contributed by atoms with Crippen molar-refractivity contribution in [1.82, 2.24) is 4.98 Å². The number of aromatic nitrogens is 1. The van der Waals surface area contributed by atoms with Crippen LogP contribution in [-0.2, 0) is 0 Å². The summed E-state index contributed by atoms with van der Waals surface area (Å²) in [6.45, 7) is -0.0557. The van der Waals surface area contributed by atoms with E-state index in [4.69, 9.17) is 10.8 Å². The zero-order chi connectivity index (χ0) is 9.26. The molecule has 3 nitrogen and oxygen atoms in total. The zero-order valence-electron chi connectivity index (χ0n) is 6.97. The average Bonchev–Trinajstić information content (AvgIpc) is 2.59. The van der Waals surface area contributed by atoms with Crippen molar-refractivity contribution in [1.29, 1.82) is 0 Å². The third kappa shape index (κ3) is 1.56. The minimum atomic E-state index is -0.350. The number of benzene rings is 1. The number of thiazole rings is 1. The standard InChI is InChI=1S/C9H10N2OS/c10-6(5-12)9-11-7-3-1-2-4-8(7)13-9/h1-4,6,12H,5,10H2. The van der Waals surface area contributed by atoms with E-state index in [1.165, 1.54) is 11.3 Å². The number of nitrogens with zero attached hydrogens (tertiary/aromatic N) is 1. The van der Waals surface area contributed by atoms with Crippen molar-refractivity contribution in [3.63, 3.8) is 0 Å². The van der Waals surface area contributed by atoms with Gasteiger partial charge in [0, 0.05) is 0 Å². The summed E-state index contributed by atoms with van der Waals surface area (Å²) in [5.74, 6) is 0. The number of aliphatic hydroxyl groups is 1. The molecule has 1 heterocycles. The first-order valence-electron chi connectivity index (χ1n) is 4.03. The first kappa shape index (κ1) is 8.62. The Morgan fingerprint density at radius 1 is 1.46 bits per heavy atom. The molecule has 0 aliphatic carbocycles. The number of fused-ring (bicyclic) bond motifs is 1. The van der Waals surface area contributed by atoms with Gasteiger partial charge in [-0.3, -0.25) is 0 Å². The van der Waals surface area contributed by atoms with E-state index in [0.717, 1.165) is 15.2 Å². The number of aliphatic hydroxyl groups excluding tert-OH is 1. The third-order valence-electron chi connectivity index (χ3n) is 1.82. The molecule has 0 aliphatic rings. The van der Waals surface area contributed by atoms with E-state index < -0.39 is 0 Å². The highest BCUT2D eigenvalue weighted by molar-refractivity contribution is 7.18. The number of nitrogens with two attached hydrogens (primary N) is 1. The van der Waals surface area contributed by atoms with E-state index in [1.54, 1.807) is 0 Å². The van der Waals surface area contributed by atoms with E-state index in [1.807, 2.05) is 24.3 Å². The molecule has 2 rings (SSSR count). The van der Waals surface area contributed by atoms with Gasteiger partial charge in [0.05, 0.1) is 22.9 Å². The minimum absolute atomic E-state index is 0.0557. The molecule has 0 aliphatic heterocycles. The molecule has 68 valence electrons. The van der Waals surface area contributed by atoms with E-state index in [9.17, 15) is 0 Å². The van der Waals surface area contributed by atoms with Crippen molar-refractivity contribution in [2.24, 2.45) is 5.73 Å². The summed E-state index contributed by atoms with van der Waals surface area (Å²) < 4.78 is 1.11. The van der Waals surface area contributed by atoms with Gasteiger partial charge in [-0.15, -0.1) is 11.3 Å². The molecule has 0 spiro atoms. The topological polar surface area (TPSA) is 59.1 Å². The predicted molar refractivity (Wildman–Crippen MR) is 53.6 cm³/mol. The van der Waals surface area contributed by atoms with E-state index in [2.05, 4.69) is 4.98 Å². The van der Waals surface area contributed by atoms with Gasteiger partial charge in [0.15, 0.2) is 0 Å². The maximum Gasteiger partial charge on any atom is 0.113 e. The molecule has 13 heavy (non-hydrogen) atoms. The van der Waals surface area contributed by atoms with Gasteiger partial charge >= 0.3 is 0 Å². The number of hydrogen-bond acceptors (Lipinski definition) is 4. The van der Waals surface area contributed by atoms with E-state index in [-0.39, 0.29) is 12.6 Å². The van der Waals surface area contributed by atoms with Crippen LogP contribution in [0.3, 0.4) is 0 Å². The molecule has 1 aromatic heterocycles. The molecule has 1 unspecified atom stereocenters. The smallest absolute Gasteiger partial charge is 0.113 e. The second-order valence-electron chi connectivity index (χ2n) is 2.81. The predicted octanol–water partition coefficient (Wildman–Crippen LogP) is 1.29. The van der Waals surface area contributed by atoms with Crippen molar-refractivity contribution in [2.45, 2.75) is 6.04 Å². The van der Waals surface area contributed by atoms with Crippen LogP contribution in [-0.4, -0.2) is 16.7 Å². The van der Waals surface area contributed by atoms with E-state index >= 15 is 0 Å². The summed E-state index contributed by atoms with van der Waals surface area (Å²) >= 11 is 1.53. The normalized spacial score (nSPS) is 13.4. The fraction of sp³-hybridized carbons (Fsp3) is 0.222. The number of rotatable bonds is 2. The number of para-hydroxylation sites is 1. The second-order valence-corrected chi connectivity index (χ2v) is 3.87. The Balaban J connectivity index is 2.49. The van der Waals surface area contributed by atoms with Gasteiger partial charge < -0.3 is 10.8 Å². The van der Waals surface area contributed by atoms with Crippen LogP contribution in [0.5, 0.6) is 0 Å². The summed E-state index contributed by atoms with van der Waals surface area (Å²) in [6, 6.07) is 7.50. The van der Waals surface area contributed by atoms with Crippen molar-refractivity contribution in [3.05, 3.63) is 29.3 Å². The molecule has 1 atom stereocenters. The van der Waals surface area contributed by atoms with Crippen molar-refractivity contribution in [2.75, 3.05) is 6.61 Å². The van der Waals surface area contributed by atoms with Crippen LogP contribution in [0.15, 0.2) is 24.3 Å². The summed E-state index contributed by atoms with van der Waals surface area (Å²) in [5.41, 5.74) is 6.61. The molecular formula is C9H10N2OS. The van der Waals surface area contributed by atoms with Crippen LogP contribution in [0.2, 0.25) is 0 Å². The summed E-state index contributed by atoms with van der Waals surface area (Å²) in [5, 5.41) is 9.65. The van der Waals surface area contributed by atoms with Crippen LogP contribution >= 0.6 is 11.3 Å². The highest BCUT2D eigenvalue weighted by Gasteiger charge is 2.09. The average molecular weight is 194 g/mol. The summed E-state index contributed by atoms with van der Waals surface area (Å²) in [6.07, 6.45) is 0. The number of hydrogen-bond donors (Lipinski definition) is 2. The van der Waals surface area contributed by atoms with Gasteiger partial charge in [0.2, 0.25) is 0 Å². The van der Waals surface area contributed by atoms with Crippen molar-refractivity contribution in [3.8, 4) is 0 Å². The molecule has 2 aromatic rings. The summed E-state index contributed by atoms with van der Waals surface area (Å²) in [7, 11) is 0. The molecule has 0 saturated carbocycles. The van der Waals surface area contributed by atoms with Gasteiger partial charge in [-0.05, 0) is 12.1 Å². The van der Waals surface area contributed by atoms with Crippen LogP contribution in [0.4, 0.5) is 0 Å². The van der Waals surface area contributed by atoms with Crippen molar-refractivity contribution < 1.29 is 5.11 Å². The SMILES string of the molecule is NC(CO)c1nc2ccccc2s1. The van der Waals surface area contributed by atoms with Gasteiger partial charge in [-0.2, -0.15) is 0 Å². The summed E-state index contributed by atoms with van der Waals surface area (Å²) in [4.78, 5) is 4.32. The van der Waals surface area contributed by atoms with E-state index in [0.29, 0.717) is 0 Å². The zero-order valence-corrected chi connectivity index (χ0v) is 7.79. The van der Waals surface area contributed by atoms with Crippen LogP contribution in [0.25, 0.3) is 10.2 Å². The first-order valence-corrected chi connectivity index (χ1v) is 4.85. The Bertz CT molecular complexity index is 380. The van der Waals surface area contributed by atoms with Crippen LogP contribution in [0, 0.1) is 0 Å². The third-order valence-corrected chi connectivity index (χ3v) is 2.99. The molecule has 1 aromatic carbocycles. The lowest BCUT2D eigenvalue weighted by Gasteiger charge is -2.00. The fourth-order valence-electron chi connectivity index (χ4n) is 1.13. The maximum atomic E-state index is 8.86. The lowest BCUT2D eigenvalue weighted by atomic mass is 10.3.